The molecule has 3 rings (SSSR count). The predicted octanol–water partition coefficient (Wildman–Crippen LogP) is 1.70. The van der Waals surface area contributed by atoms with Crippen LogP contribution in [0.1, 0.15) is 41.7 Å². The summed E-state index contributed by atoms with van der Waals surface area (Å²) in [5.74, 6) is 0.197. The second-order valence-corrected chi connectivity index (χ2v) is 9.22. The highest BCUT2D eigenvalue weighted by atomic mass is 32.2. The Morgan fingerprint density at radius 1 is 1.27 bits per heavy atom. The molecule has 0 saturated carbocycles. The number of rotatable bonds is 5. The molecule has 1 atom stereocenters. The van der Waals surface area contributed by atoms with Crippen molar-refractivity contribution >= 4 is 21.4 Å². The smallest absolute Gasteiger partial charge is 0.226 e. The highest BCUT2D eigenvalue weighted by Gasteiger charge is 2.31. The van der Waals surface area contributed by atoms with Gasteiger partial charge in [0.2, 0.25) is 5.91 Å². The van der Waals surface area contributed by atoms with Gasteiger partial charge >= 0.3 is 0 Å². The lowest BCUT2D eigenvalue weighted by Gasteiger charge is -2.12. The Balaban J connectivity index is 1.68. The maximum Gasteiger partial charge on any atom is 0.226 e. The maximum atomic E-state index is 12.4. The number of nitrogens with zero attached hydrogens (tertiary/aromatic N) is 4. The summed E-state index contributed by atoms with van der Waals surface area (Å²) in [5, 5.41) is 11.8. The third kappa shape index (κ3) is 3.82. The van der Waals surface area contributed by atoms with E-state index in [1.807, 2.05) is 38.4 Å². The van der Waals surface area contributed by atoms with E-state index in [0.29, 0.717) is 30.8 Å². The molecule has 1 fully saturated rings. The van der Waals surface area contributed by atoms with Gasteiger partial charge < -0.3 is 5.32 Å². The van der Waals surface area contributed by atoms with Crippen molar-refractivity contribution in [3.63, 3.8) is 0 Å². The lowest BCUT2D eigenvalue weighted by atomic mass is 10.2. The van der Waals surface area contributed by atoms with Gasteiger partial charge in [0.1, 0.15) is 0 Å². The quantitative estimate of drug-likeness (QED) is 0.852. The normalized spacial score (nSPS) is 19.0. The van der Waals surface area contributed by atoms with Crippen LogP contribution in [-0.4, -0.2) is 45.4 Å². The zero-order valence-corrected chi connectivity index (χ0v) is 16.4. The average Bonchev–Trinajstić information content (AvgIpc) is 3.16. The molecule has 1 amide bonds. The second-order valence-electron chi connectivity index (χ2n) is 7.00. The standard InChI is InChI=1S/C17H25N5O3S/c1-11-9-12(2)21(19-11)7-5-16(23)18-17-13(3)20-22(14(17)4)15-6-8-26(24,25)10-15/h9,15H,5-8,10H2,1-4H3,(H,18,23). The molecule has 3 heterocycles. The SMILES string of the molecule is Cc1cc(C)n(CCC(=O)Nc2c(C)nn(C3CCS(=O)(=O)C3)c2C)n1. The first-order chi connectivity index (χ1) is 12.2. The highest BCUT2D eigenvalue weighted by Crippen LogP contribution is 2.29. The largest absolute Gasteiger partial charge is 0.323 e. The fourth-order valence-electron chi connectivity index (χ4n) is 3.48. The van der Waals surface area contributed by atoms with Gasteiger partial charge in [0, 0.05) is 18.7 Å². The van der Waals surface area contributed by atoms with Crippen molar-refractivity contribution in [3.8, 4) is 0 Å². The van der Waals surface area contributed by atoms with Crippen LogP contribution in [0.15, 0.2) is 6.07 Å². The number of sulfone groups is 1. The molecule has 26 heavy (non-hydrogen) atoms. The van der Waals surface area contributed by atoms with Crippen LogP contribution in [-0.2, 0) is 21.2 Å². The Hall–Kier alpha value is -2.16. The highest BCUT2D eigenvalue weighted by molar-refractivity contribution is 7.91. The van der Waals surface area contributed by atoms with Crippen molar-refractivity contribution in [2.45, 2.75) is 53.1 Å². The van der Waals surface area contributed by atoms with Crippen molar-refractivity contribution in [3.05, 3.63) is 28.8 Å². The van der Waals surface area contributed by atoms with E-state index in [1.54, 1.807) is 4.68 Å². The van der Waals surface area contributed by atoms with E-state index < -0.39 is 9.84 Å². The maximum absolute atomic E-state index is 12.4. The van der Waals surface area contributed by atoms with Gasteiger partial charge in [0.25, 0.3) is 0 Å². The van der Waals surface area contributed by atoms with E-state index in [2.05, 4.69) is 15.5 Å². The Morgan fingerprint density at radius 3 is 2.58 bits per heavy atom. The van der Waals surface area contributed by atoms with Crippen molar-refractivity contribution in [1.29, 1.82) is 0 Å². The first-order valence-electron chi connectivity index (χ1n) is 8.73. The van der Waals surface area contributed by atoms with E-state index in [0.717, 1.165) is 17.1 Å². The van der Waals surface area contributed by atoms with Crippen LogP contribution in [0, 0.1) is 27.7 Å². The number of hydrogen-bond acceptors (Lipinski definition) is 5. The van der Waals surface area contributed by atoms with Gasteiger partial charge in [0.05, 0.1) is 40.3 Å². The Kier molecular flexibility index (Phi) is 4.92. The molecular formula is C17H25N5O3S. The van der Waals surface area contributed by atoms with Crippen molar-refractivity contribution in [2.75, 3.05) is 16.8 Å². The van der Waals surface area contributed by atoms with Crippen LogP contribution >= 0.6 is 0 Å². The van der Waals surface area contributed by atoms with E-state index in [1.165, 1.54) is 0 Å². The van der Waals surface area contributed by atoms with Gasteiger partial charge in [-0.25, -0.2) is 8.42 Å². The molecule has 1 N–H and O–H groups in total. The Morgan fingerprint density at radius 2 is 2.00 bits per heavy atom. The number of aryl methyl sites for hydroxylation is 4. The summed E-state index contributed by atoms with van der Waals surface area (Å²) in [4.78, 5) is 12.4. The van der Waals surface area contributed by atoms with E-state index in [-0.39, 0.29) is 23.5 Å². The minimum absolute atomic E-state index is 0.109. The molecule has 1 saturated heterocycles. The van der Waals surface area contributed by atoms with Crippen molar-refractivity contribution < 1.29 is 13.2 Å². The van der Waals surface area contributed by atoms with Crippen molar-refractivity contribution in [2.24, 2.45) is 0 Å². The summed E-state index contributed by atoms with van der Waals surface area (Å²) in [6.45, 7) is 8.09. The average molecular weight is 379 g/mol. The summed E-state index contributed by atoms with van der Waals surface area (Å²) in [5.41, 5.74) is 4.13. The number of nitrogens with one attached hydrogen (secondary N) is 1. The number of carbonyl (C=O) groups excluding carboxylic acids is 1. The molecule has 9 heteroatoms. The monoisotopic (exact) mass is 379 g/mol. The molecule has 0 spiro atoms. The molecule has 0 aromatic carbocycles. The topological polar surface area (TPSA) is 98.9 Å². The Labute approximate surface area is 153 Å². The molecule has 8 nitrogen and oxygen atoms in total. The third-order valence-corrected chi connectivity index (χ3v) is 6.55. The molecule has 0 bridgehead atoms. The molecule has 0 aliphatic carbocycles. The molecule has 142 valence electrons. The van der Waals surface area contributed by atoms with E-state index >= 15 is 0 Å². The first kappa shape index (κ1) is 18.6. The Bertz CT molecular complexity index is 942. The predicted molar refractivity (Wildman–Crippen MR) is 99.0 cm³/mol. The van der Waals surface area contributed by atoms with Gasteiger partial charge in [-0.1, -0.05) is 0 Å². The lowest BCUT2D eigenvalue weighted by molar-refractivity contribution is -0.116. The minimum Gasteiger partial charge on any atom is -0.323 e. The van der Waals surface area contributed by atoms with E-state index in [4.69, 9.17) is 0 Å². The molecule has 1 unspecified atom stereocenters. The van der Waals surface area contributed by atoms with Crippen LogP contribution in [0.3, 0.4) is 0 Å². The van der Waals surface area contributed by atoms with E-state index in [9.17, 15) is 13.2 Å². The number of anilines is 1. The van der Waals surface area contributed by atoms with Crippen LogP contribution in [0.4, 0.5) is 5.69 Å². The summed E-state index contributed by atoms with van der Waals surface area (Å²) in [7, 11) is -2.99. The third-order valence-electron chi connectivity index (χ3n) is 4.80. The van der Waals surface area contributed by atoms with Gasteiger partial charge in [-0.3, -0.25) is 14.2 Å². The zero-order chi connectivity index (χ0) is 19.1. The molecule has 2 aromatic heterocycles. The number of amides is 1. The lowest BCUT2D eigenvalue weighted by Crippen LogP contribution is -2.17. The van der Waals surface area contributed by atoms with Crippen LogP contribution < -0.4 is 5.32 Å². The van der Waals surface area contributed by atoms with Crippen molar-refractivity contribution in [1.82, 2.24) is 19.6 Å². The zero-order valence-electron chi connectivity index (χ0n) is 15.6. The molecule has 1 aliphatic heterocycles. The van der Waals surface area contributed by atoms with Crippen LogP contribution in [0.25, 0.3) is 0 Å². The summed E-state index contributed by atoms with van der Waals surface area (Å²) >= 11 is 0. The minimum atomic E-state index is -2.99. The second kappa shape index (κ2) is 6.86. The molecule has 2 aromatic rings. The fraction of sp³-hybridized carbons (Fsp3) is 0.588. The van der Waals surface area contributed by atoms with Crippen LogP contribution in [0.2, 0.25) is 0 Å². The van der Waals surface area contributed by atoms with Crippen LogP contribution in [0.5, 0.6) is 0 Å². The van der Waals surface area contributed by atoms with Gasteiger partial charge in [-0.05, 0) is 40.2 Å². The fourth-order valence-corrected chi connectivity index (χ4v) is 5.17. The summed E-state index contributed by atoms with van der Waals surface area (Å²) in [6.07, 6.45) is 0.874. The number of aromatic nitrogens is 4. The van der Waals surface area contributed by atoms with Gasteiger partial charge in [-0.2, -0.15) is 10.2 Å². The number of hydrogen-bond donors (Lipinski definition) is 1. The first-order valence-corrected chi connectivity index (χ1v) is 10.6. The molecular weight excluding hydrogens is 354 g/mol. The van der Waals surface area contributed by atoms with Gasteiger partial charge in [-0.15, -0.1) is 0 Å². The number of carbonyl (C=O) groups is 1. The van der Waals surface area contributed by atoms with Gasteiger partial charge in [0.15, 0.2) is 9.84 Å². The molecule has 1 aliphatic rings. The summed E-state index contributed by atoms with van der Waals surface area (Å²) in [6, 6.07) is 1.82. The summed E-state index contributed by atoms with van der Waals surface area (Å²) < 4.78 is 27.0. The molecule has 0 radical (unpaired) electrons.